The minimum atomic E-state index is 0. The molecule has 0 atom stereocenters. The van der Waals surface area contributed by atoms with Gasteiger partial charge in [0.2, 0.25) is 0 Å². The third-order valence-corrected chi connectivity index (χ3v) is 4.50. The van der Waals surface area contributed by atoms with E-state index >= 15 is 0 Å². The molecule has 2 N–H and O–H groups in total. The van der Waals surface area contributed by atoms with E-state index in [1.807, 2.05) is 54.2 Å². The number of hydrogen-bond donors (Lipinski definition) is 2. The van der Waals surface area contributed by atoms with Crippen molar-refractivity contribution in [3.8, 4) is 5.69 Å². The summed E-state index contributed by atoms with van der Waals surface area (Å²) in [5, 5.41) is 11.4. The number of hydrogen-bond acceptors (Lipinski definition) is 3. The second-order valence-corrected chi connectivity index (χ2v) is 6.32. The van der Waals surface area contributed by atoms with Gasteiger partial charge in [-0.1, -0.05) is 24.3 Å². The highest BCUT2D eigenvalue weighted by Gasteiger charge is 2.13. The largest absolute Gasteiger partial charge is 0.356 e. The average Bonchev–Trinajstić information content (AvgIpc) is 3.00. The Morgan fingerprint density at radius 3 is 2.46 bits per heavy atom. The van der Waals surface area contributed by atoms with E-state index < -0.39 is 0 Å². The number of guanidine groups is 1. The van der Waals surface area contributed by atoms with Crippen LogP contribution in [0.4, 0.5) is 0 Å². The molecule has 7 heteroatoms. The molecule has 0 aliphatic heterocycles. The molecule has 2 heterocycles. The maximum Gasteiger partial charge on any atom is 0.191 e. The first kappa shape index (κ1) is 21.9. The summed E-state index contributed by atoms with van der Waals surface area (Å²) in [7, 11) is 1.78. The lowest BCUT2D eigenvalue weighted by Gasteiger charge is -2.12. The predicted molar refractivity (Wildman–Crippen MR) is 125 cm³/mol. The zero-order chi connectivity index (χ0) is 19.1. The highest BCUT2D eigenvalue weighted by Crippen LogP contribution is 2.17. The van der Waals surface area contributed by atoms with E-state index in [2.05, 4.69) is 39.7 Å². The van der Waals surface area contributed by atoms with Gasteiger partial charge in [-0.2, -0.15) is 5.10 Å². The van der Waals surface area contributed by atoms with Crippen molar-refractivity contribution >= 4 is 29.9 Å². The topological polar surface area (TPSA) is 67.1 Å². The van der Waals surface area contributed by atoms with Crippen LogP contribution in [0, 0.1) is 13.8 Å². The number of aliphatic imine (C=N–C) groups is 1. The van der Waals surface area contributed by atoms with E-state index in [9.17, 15) is 0 Å². The van der Waals surface area contributed by atoms with Gasteiger partial charge in [0, 0.05) is 49.7 Å². The molecule has 0 unspecified atom stereocenters. The van der Waals surface area contributed by atoms with E-state index in [4.69, 9.17) is 5.10 Å². The van der Waals surface area contributed by atoms with Gasteiger partial charge in [-0.25, -0.2) is 4.68 Å². The molecule has 0 saturated heterocycles. The number of halogens is 1. The van der Waals surface area contributed by atoms with Crippen LogP contribution in [0.3, 0.4) is 0 Å². The fourth-order valence-electron chi connectivity index (χ4n) is 3.00. The van der Waals surface area contributed by atoms with Gasteiger partial charge >= 0.3 is 0 Å². The number of aromatic nitrogens is 3. The summed E-state index contributed by atoms with van der Waals surface area (Å²) in [6.07, 6.45) is 2.67. The molecule has 0 bridgehead atoms. The molecule has 0 spiro atoms. The molecule has 0 aliphatic carbocycles. The Bertz CT molecular complexity index is 890. The Kier molecular flexibility index (Phi) is 8.43. The molecule has 0 aliphatic rings. The van der Waals surface area contributed by atoms with Gasteiger partial charge in [0.1, 0.15) is 0 Å². The number of aryl methyl sites for hydroxylation is 1. The summed E-state index contributed by atoms with van der Waals surface area (Å²) >= 11 is 0. The average molecular weight is 490 g/mol. The Labute approximate surface area is 183 Å². The summed E-state index contributed by atoms with van der Waals surface area (Å²) in [4.78, 5) is 8.64. The fraction of sp³-hybridized carbons (Fsp3) is 0.286. The standard InChI is InChI=1S/C21H26N6.HI/c1-16-20(17(2)27(26-16)19-10-5-4-6-11-19)15-25-21(22-3)24-14-12-18-9-7-8-13-23-18;/h4-11,13H,12,14-15H2,1-3H3,(H2,22,24,25);1H. The van der Waals surface area contributed by atoms with Crippen molar-refractivity contribution in [2.75, 3.05) is 13.6 Å². The van der Waals surface area contributed by atoms with E-state index in [-0.39, 0.29) is 24.0 Å². The minimum Gasteiger partial charge on any atom is -0.356 e. The lowest BCUT2D eigenvalue weighted by Crippen LogP contribution is -2.38. The van der Waals surface area contributed by atoms with Gasteiger partial charge in [-0.3, -0.25) is 9.98 Å². The highest BCUT2D eigenvalue weighted by atomic mass is 127. The number of rotatable bonds is 6. The molecule has 148 valence electrons. The summed E-state index contributed by atoms with van der Waals surface area (Å²) in [5.74, 6) is 0.775. The summed E-state index contributed by atoms with van der Waals surface area (Å²) in [5.41, 5.74) is 5.48. The molecule has 0 radical (unpaired) electrons. The maximum absolute atomic E-state index is 4.69. The van der Waals surface area contributed by atoms with Gasteiger partial charge in [0.25, 0.3) is 0 Å². The first-order valence-corrected chi connectivity index (χ1v) is 9.14. The second kappa shape index (κ2) is 10.8. The van der Waals surface area contributed by atoms with Crippen LogP contribution in [0.5, 0.6) is 0 Å². The van der Waals surface area contributed by atoms with Gasteiger partial charge < -0.3 is 10.6 Å². The van der Waals surface area contributed by atoms with Crippen molar-refractivity contribution < 1.29 is 0 Å². The summed E-state index contributed by atoms with van der Waals surface area (Å²) in [6.45, 7) is 5.59. The lowest BCUT2D eigenvalue weighted by atomic mass is 10.2. The molecule has 28 heavy (non-hydrogen) atoms. The van der Waals surface area contributed by atoms with Crippen LogP contribution >= 0.6 is 24.0 Å². The Morgan fingerprint density at radius 2 is 1.79 bits per heavy atom. The maximum atomic E-state index is 4.69. The first-order chi connectivity index (χ1) is 13.2. The third-order valence-electron chi connectivity index (χ3n) is 4.50. The van der Waals surface area contributed by atoms with E-state index in [0.717, 1.165) is 41.7 Å². The number of para-hydroxylation sites is 1. The van der Waals surface area contributed by atoms with Crippen molar-refractivity contribution in [3.63, 3.8) is 0 Å². The van der Waals surface area contributed by atoms with E-state index in [1.165, 1.54) is 5.56 Å². The number of benzene rings is 1. The number of pyridine rings is 1. The third kappa shape index (κ3) is 5.54. The molecule has 2 aromatic heterocycles. The van der Waals surface area contributed by atoms with Crippen LogP contribution in [0.1, 0.15) is 22.6 Å². The lowest BCUT2D eigenvalue weighted by molar-refractivity contribution is 0.780. The molecular formula is C21H27IN6. The molecule has 1 aromatic carbocycles. The Hall–Kier alpha value is -2.42. The number of nitrogens with one attached hydrogen (secondary N) is 2. The van der Waals surface area contributed by atoms with Crippen molar-refractivity contribution in [1.82, 2.24) is 25.4 Å². The quantitative estimate of drug-likeness (QED) is 0.316. The molecule has 3 rings (SSSR count). The first-order valence-electron chi connectivity index (χ1n) is 9.14. The smallest absolute Gasteiger partial charge is 0.191 e. The molecule has 6 nitrogen and oxygen atoms in total. The minimum absolute atomic E-state index is 0. The van der Waals surface area contributed by atoms with Gasteiger partial charge in [0.15, 0.2) is 5.96 Å². The highest BCUT2D eigenvalue weighted by molar-refractivity contribution is 14.0. The van der Waals surface area contributed by atoms with Crippen LogP contribution in [-0.2, 0) is 13.0 Å². The molecule has 3 aromatic rings. The number of nitrogens with zero attached hydrogens (tertiary/aromatic N) is 4. The normalized spacial score (nSPS) is 11.0. The molecule has 0 saturated carbocycles. The van der Waals surface area contributed by atoms with Crippen LogP contribution in [-0.4, -0.2) is 34.3 Å². The van der Waals surface area contributed by atoms with Crippen LogP contribution in [0.15, 0.2) is 59.7 Å². The molecule has 0 fully saturated rings. The van der Waals surface area contributed by atoms with Gasteiger partial charge in [-0.05, 0) is 38.1 Å². The van der Waals surface area contributed by atoms with E-state index in [0.29, 0.717) is 6.54 Å². The van der Waals surface area contributed by atoms with Gasteiger partial charge in [0.05, 0.1) is 11.4 Å². The van der Waals surface area contributed by atoms with Gasteiger partial charge in [-0.15, -0.1) is 24.0 Å². The van der Waals surface area contributed by atoms with E-state index in [1.54, 1.807) is 7.05 Å². The molecular weight excluding hydrogens is 463 g/mol. The van der Waals surface area contributed by atoms with Crippen molar-refractivity contribution in [2.24, 2.45) is 4.99 Å². The van der Waals surface area contributed by atoms with Crippen LogP contribution < -0.4 is 10.6 Å². The summed E-state index contributed by atoms with van der Waals surface area (Å²) in [6, 6.07) is 16.2. The second-order valence-electron chi connectivity index (χ2n) is 6.32. The Morgan fingerprint density at radius 1 is 1.04 bits per heavy atom. The molecule has 0 amide bonds. The van der Waals surface area contributed by atoms with Crippen LogP contribution in [0.2, 0.25) is 0 Å². The van der Waals surface area contributed by atoms with Crippen molar-refractivity contribution in [2.45, 2.75) is 26.8 Å². The summed E-state index contributed by atoms with van der Waals surface area (Å²) < 4.78 is 1.99. The monoisotopic (exact) mass is 490 g/mol. The van der Waals surface area contributed by atoms with Crippen molar-refractivity contribution in [1.29, 1.82) is 0 Å². The Balaban J connectivity index is 0.00000280. The zero-order valence-electron chi connectivity index (χ0n) is 16.5. The zero-order valence-corrected chi connectivity index (χ0v) is 18.8. The van der Waals surface area contributed by atoms with Crippen LogP contribution in [0.25, 0.3) is 5.69 Å². The fourth-order valence-corrected chi connectivity index (χ4v) is 3.00. The predicted octanol–water partition coefficient (Wildman–Crippen LogP) is 3.41. The van der Waals surface area contributed by atoms with Crippen molar-refractivity contribution in [3.05, 3.63) is 77.4 Å². The SMILES string of the molecule is CN=C(NCCc1ccccn1)NCc1c(C)nn(-c2ccccc2)c1C.I.